The first kappa shape index (κ1) is 12.5. The van der Waals surface area contributed by atoms with Gasteiger partial charge in [-0.25, -0.2) is 4.79 Å². The largest absolute Gasteiger partial charge is 0.466 e. The van der Waals surface area contributed by atoms with E-state index in [1.807, 2.05) is 6.92 Å². The number of methoxy groups -OCH3 is 1. The molecule has 0 aliphatic carbocycles. The molecule has 0 N–H and O–H groups in total. The Morgan fingerprint density at radius 3 is 2.31 bits per heavy atom. The van der Waals surface area contributed by atoms with E-state index >= 15 is 0 Å². The summed E-state index contributed by atoms with van der Waals surface area (Å²) in [5, 5.41) is 0. The summed E-state index contributed by atoms with van der Waals surface area (Å²) in [6, 6.07) is 8.29. The summed E-state index contributed by atoms with van der Waals surface area (Å²) >= 11 is 0. The summed E-state index contributed by atoms with van der Waals surface area (Å²) in [5.74, 6) is -0.295. The molecule has 0 heterocycles. The normalized spacial score (nSPS) is 11.3. The summed E-state index contributed by atoms with van der Waals surface area (Å²) in [5.41, 5.74) is 3.40. The van der Waals surface area contributed by atoms with Crippen molar-refractivity contribution >= 4 is 11.5 Å². The van der Waals surface area contributed by atoms with Crippen LogP contribution >= 0.6 is 0 Å². The highest BCUT2D eigenvalue weighted by atomic mass is 16.5. The summed E-state index contributed by atoms with van der Waals surface area (Å²) < 4.78 is 4.63. The first-order chi connectivity index (χ1) is 7.71. The van der Waals surface area contributed by atoms with Crippen molar-refractivity contribution in [3.63, 3.8) is 0 Å². The van der Waals surface area contributed by atoms with Gasteiger partial charge in [0, 0.05) is 6.08 Å². The number of rotatable bonds is 4. The number of hydrogen-bond donors (Lipinski definition) is 0. The maximum absolute atomic E-state index is 11.2. The second kappa shape index (κ2) is 6.11. The van der Waals surface area contributed by atoms with Crippen LogP contribution in [-0.2, 0) is 16.0 Å². The molecule has 0 amide bonds. The van der Waals surface area contributed by atoms with E-state index in [1.54, 1.807) is 6.08 Å². The number of hydrogen-bond acceptors (Lipinski definition) is 2. The molecule has 16 heavy (non-hydrogen) atoms. The number of esters is 1. The molecule has 86 valence electrons. The SMILES string of the molecule is CCC(=CC(=O)OC)c1ccc(CC)cc1. The van der Waals surface area contributed by atoms with E-state index in [2.05, 4.69) is 35.9 Å². The highest BCUT2D eigenvalue weighted by Gasteiger charge is 2.02. The smallest absolute Gasteiger partial charge is 0.330 e. The fraction of sp³-hybridized carbons (Fsp3) is 0.357. The van der Waals surface area contributed by atoms with Crippen molar-refractivity contribution in [1.82, 2.24) is 0 Å². The summed E-state index contributed by atoms with van der Waals surface area (Å²) in [6.45, 7) is 4.16. The van der Waals surface area contributed by atoms with Crippen LogP contribution in [0.25, 0.3) is 5.57 Å². The fourth-order valence-corrected chi connectivity index (χ4v) is 1.55. The Labute approximate surface area is 96.9 Å². The maximum atomic E-state index is 11.2. The Bertz CT molecular complexity index is 374. The first-order valence-electron chi connectivity index (χ1n) is 5.59. The van der Waals surface area contributed by atoms with Gasteiger partial charge in [0.1, 0.15) is 0 Å². The Kier molecular flexibility index (Phi) is 4.77. The van der Waals surface area contributed by atoms with Gasteiger partial charge < -0.3 is 4.74 Å². The van der Waals surface area contributed by atoms with E-state index in [0.29, 0.717) is 0 Å². The van der Waals surface area contributed by atoms with Gasteiger partial charge in [-0.15, -0.1) is 0 Å². The van der Waals surface area contributed by atoms with Crippen LogP contribution in [0.5, 0.6) is 0 Å². The monoisotopic (exact) mass is 218 g/mol. The van der Waals surface area contributed by atoms with Gasteiger partial charge in [-0.1, -0.05) is 38.1 Å². The van der Waals surface area contributed by atoms with Crippen LogP contribution in [0.3, 0.4) is 0 Å². The van der Waals surface area contributed by atoms with Crippen LogP contribution in [0.1, 0.15) is 31.4 Å². The van der Waals surface area contributed by atoms with Crippen LogP contribution in [-0.4, -0.2) is 13.1 Å². The fourth-order valence-electron chi connectivity index (χ4n) is 1.55. The average Bonchev–Trinajstić information content (AvgIpc) is 2.35. The molecule has 0 atom stereocenters. The molecule has 2 heteroatoms. The number of benzene rings is 1. The van der Waals surface area contributed by atoms with Crippen LogP contribution in [0.4, 0.5) is 0 Å². The molecule has 0 saturated carbocycles. The van der Waals surface area contributed by atoms with Crippen molar-refractivity contribution in [2.24, 2.45) is 0 Å². The van der Waals surface area contributed by atoms with Gasteiger partial charge in [-0.05, 0) is 29.5 Å². The van der Waals surface area contributed by atoms with Crippen LogP contribution < -0.4 is 0 Å². The van der Waals surface area contributed by atoms with Gasteiger partial charge >= 0.3 is 5.97 Å². The Balaban J connectivity index is 2.95. The Hall–Kier alpha value is -1.57. The van der Waals surface area contributed by atoms with Gasteiger partial charge in [0.2, 0.25) is 0 Å². The number of aryl methyl sites for hydroxylation is 1. The van der Waals surface area contributed by atoms with Gasteiger partial charge in [-0.3, -0.25) is 0 Å². The minimum absolute atomic E-state index is 0.295. The zero-order chi connectivity index (χ0) is 12.0. The maximum Gasteiger partial charge on any atom is 0.330 e. The van der Waals surface area contributed by atoms with E-state index in [9.17, 15) is 4.79 Å². The predicted molar refractivity (Wildman–Crippen MR) is 66.1 cm³/mol. The lowest BCUT2D eigenvalue weighted by Gasteiger charge is -2.05. The van der Waals surface area contributed by atoms with Crippen molar-refractivity contribution in [2.45, 2.75) is 26.7 Å². The summed E-state index contributed by atoms with van der Waals surface area (Å²) in [7, 11) is 1.40. The standard InChI is InChI=1S/C14H18O2/c1-4-11-6-8-13(9-7-11)12(5-2)10-14(15)16-3/h6-10H,4-5H2,1-3H3. The number of carbonyl (C=O) groups is 1. The van der Waals surface area contributed by atoms with Crippen LogP contribution in [0.15, 0.2) is 30.3 Å². The molecule has 0 spiro atoms. The zero-order valence-corrected chi connectivity index (χ0v) is 10.1. The van der Waals surface area contributed by atoms with E-state index in [4.69, 9.17) is 0 Å². The minimum Gasteiger partial charge on any atom is -0.466 e. The zero-order valence-electron chi connectivity index (χ0n) is 10.1. The minimum atomic E-state index is -0.295. The highest BCUT2D eigenvalue weighted by molar-refractivity contribution is 5.91. The van der Waals surface area contributed by atoms with Crippen molar-refractivity contribution in [3.05, 3.63) is 41.5 Å². The molecule has 1 aromatic carbocycles. The molecule has 0 saturated heterocycles. The molecule has 0 aliphatic rings. The molecule has 0 fully saturated rings. The molecule has 1 rings (SSSR count). The lowest BCUT2D eigenvalue weighted by Crippen LogP contribution is -1.97. The average molecular weight is 218 g/mol. The summed E-state index contributed by atoms with van der Waals surface area (Å²) in [4.78, 5) is 11.2. The van der Waals surface area contributed by atoms with Crippen LogP contribution in [0.2, 0.25) is 0 Å². The van der Waals surface area contributed by atoms with E-state index in [1.165, 1.54) is 12.7 Å². The number of ether oxygens (including phenoxy) is 1. The quantitative estimate of drug-likeness (QED) is 0.573. The lowest BCUT2D eigenvalue weighted by atomic mass is 10.0. The number of allylic oxidation sites excluding steroid dienone is 1. The van der Waals surface area contributed by atoms with E-state index < -0.39 is 0 Å². The Morgan fingerprint density at radius 2 is 1.88 bits per heavy atom. The molecule has 0 aliphatic heterocycles. The second-order valence-corrected chi connectivity index (χ2v) is 3.60. The van der Waals surface area contributed by atoms with E-state index in [0.717, 1.165) is 24.0 Å². The third-order valence-corrected chi connectivity index (χ3v) is 2.61. The topological polar surface area (TPSA) is 26.3 Å². The van der Waals surface area contributed by atoms with E-state index in [-0.39, 0.29) is 5.97 Å². The van der Waals surface area contributed by atoms with Gasteiger partial charge in [0.25, 0.3) is 0 Å². The van der Waals surface area contributed by atoms with Crippen molar-refractivity contribution in [3.8, 4) is 0 Å². The third kappa shape index (κ3) is 3.23. The lowest BCUT2D eigenvalue weighted by molar-refractivity contribution is -0.134. The summed E-state index contributed by atoms with van der Waals surface area (Å²) in [6.07, 6.45) is 3.41. The van der Waals surface area contributed by atoms with Gasteiger partial charge in [-0.2, -0.15) is 0 Å². The van der Waals surface area contributed by atoms with Gasteiger partial charge in [0.15, 0.2) is 0 Å². The van der Waals surface area contributed by atoms with Crippen LogP contribution in [0, 0.1) is 0 Å². The molecule has 0 bridgehead atoms. The van der Waals surface area contributed by atoms with Crippen molar-refractivity contribution in [2.75, 3.05) is 7.11 Å². The predicted octanol–water partition coefficient (Wildman–Crippen LogP) is 3.22. The third-order valence-electron chi connectivity index (χ3n) is 2.61. The highest BCUT2D eigenvalue weighted by Crippen LogP contribution is 2.18. The molecular formula is C14H18O2. The second-order valence-electron chi connectivity index (χ2n) is 3.60. The first-order valence-corrected chi connectivity index (χ1v) is 5.59. The molecular weight excluding hydrogens is 200 g/mol. The molecule has 0 aromatic heterocycles. The molecule has 0 unspecified atom stereocenters. The number of carbonyl (C=O) groups excluding carboxylic acids is 1. The Morgan fingerprint density at radius 1 is 1.25 bits per heavy atom. The van der Waals surface area contributed by atoms with Crippen molar-refractivity contribution < 1.29 is 9.53 Å². The molecule has 2 nitrogen and oxygen atoms in total. The van der Waals surface area contributed by atoms with Crippen molar-refractivity contribution in [1.29, 1.82) is 0 Å². The molecule has 0 radical (unpaired) electrons. The van der Waals surface area contributed by atoms with Gasteiger partial charge in [0.05, 0.1) is 7.11 Å². The molecule has 1 aromatic rings.